The molecule has 0 spiro atoms. The summed E-state index contributed by atoms with van der Waals surface area (Å²) in [6.45, 7) is 0. The first-order chi connectivity index (χ1) is 13.2. The van der Waals surface area contributed by atoms with Gasteiger partial charge in [0, 0.05) is 10.7 Å². The molecule has 0 fully saturated rings. The van der Waals surface area contributed by atoms with E-state index >= 15 is 0 Å². The summed E-state index contributed by atoms with van der Waals surface area (Å²) < 4.78 is 2.35. The van der Waals surface area contributed by atoms with Crippen molar-refractivity contribution < 1.29 is 0 Å². The van der Waals surface area contributed by atoms with E-state index in [1.54, 1.807) is 22.9 Å². The first-order valence-electron chi connectivity index (χ1n) is 8.30. The van der Waals surface area contributed by atoms with Gasteiger partial charge in [-0.2, -0.15) is 0 Å². The highest BCUT2D eigenvalue weighted by Crippen LogP contribution is 2.26. The number of pyridine rings is 1. The second kappa shape index (κ2) is 6.14. The van der Waals surface area contributed by atoms with Crippen molar-refractivity contribution in [2.75, 3.05) is 0 Å². The van der Waals surface area contributed by atoms with Crippen molar-refractivity contribution in [3.63, 3.8) is 0 Å². The first-order valence-corrected chi connectivity index (χ1v) is 9.09. The number of hydrogen-bond acceptors (Lipinski definition) is 4. The van der Waals surface area contributed by atoms with Crippen LogP contribution in [0.3, 0.4) is 0 Å². The van der Waals surface area contributed by atoms with Gasteiger partial charge >= 0.3 is 0 Å². The number of imidazole rings is 1. The van der Waals surface area contributed by atoms with Crippen LogP contribution in [0.5, 0.6) is 0 Å². The predicted molar refractivity (Wildman–Crippen MR) is 108 cm³/mol. The van der Waals surface area contributed by atoms with Crippen molar-refractivity contribution >= 4 is 38.0 Å². The van der Waals surface area contributed by atoms with Crippen LogP contribution in [0.4, 0.5) is 0 Å². The second-order valence-corrected chi connectivity index (χ2v) is 6.86. The number of halogens is 1. The highest BCUT2D eigenvalue weighted by molar-refractivity contribution is 9.10. The van der Waals surface area contributed by atoms with Crippen molar-refractivity contribution in [2.45, 2.75) is 0 Å². The maximum absolute atomic E-state index is 13.3. The van der Waals surface area contributed by atoms with Gasteiger partial charge in [0.1, 0.15) is 0 Å². The van der Waals surface area contributed by atoms with Crippen LogP contribution in [-0.4, -0.2) is 24.5 Å². The number of rotatable bonds is 2. The Bertz CT molecular complexity index is 1340. The maximum atomic E-state index is 13.3. The van der Waals surface area contributed by atoms with Crippen LogP contribution in [0, 0.1) is 0 Å². The molecule has 5 aromatic rings. The second-order valence-electron chi connectivity index (χ2n) is 6.00. The number of aromatic amines is 1. The van der Waals surface area contributed by atoms with Gasteiger partial charge in [-0.15, -0.1) is 0 Å². The Labute approximate surface area is 161 Å². The van der Waals surface area contributed by atoms with E-state index in [-0.39, 0.29) is 5.56 Å². The van der Waals surface area contributed by atoms with Gasteiger partial charge in [-0.25, -0.2) is 15.0 Å². The smallest absolute Gasteiger partial charge is 0.268 e. The number of nitrogens with one attached hydrogen (secondary N) is 1. The zero-order chi connectivity index (χ0) is 18.4. The molecule has 7 heteroatoms. The molecule has 6 nitrogen and oxygen atoms in total. The van der Waals surface area contributed by atoms with Gasteiger partial charge in [-0.3, -0.25) is 9.36 Å². The summed E-state index contributed by atoms with van der Waals surface area (Å²) in [6, 6.07) is 18.7. The molecule has 2 aromatic carbocycles. The molecule has 3 heterocycles. The van der Waals surface area contributed by atoms with Crippen LogP contribution in [-0.2, 0) is 0 Å². The van der Waals surface area contributed by atoms with E-state index in [1.165, 1.54) is 0 Å². The summed E-state index contributed by atoms with van der Waals surface area (Å²) in [7, 11) is 0. The molecule has 0 saturated heterocycles. The summed E-state index contributed by atoms with van der Waals surface area (Å²) in [5, 5.41) is 0.452. The van der Waals surface area contributed by atoms with Gasteiger partial charge in [0.05, 0.1) is 22.1 Å². The highest BCUT2D eigenvalue weighted by Gasteiger charge is 2.19. The van der Waals surface area contributed by atoms with Crippen molar-refractivity contribution in [1.29, 1.82) is 0 Å². The summed E-state index contributed by atoms with van der Waals surface area (Å²) in [5.74, 6) is 0.922. The molecule has 5 rings (SSSR count). The van der Waals surface area contributed by atoms with E-state index < -0.39 is 0 Å². The van der Waals surface area contributed by atoms with E-state index in [4.69, 9.17) is 0 Å². The number of H-pyrrole nitrogens is 1. The minimum Gasteiger partial charge on any atom is -0.335 e. The molecule has 1 N–H and O–H groups in total. The molecular formula is C20H12BrN5O. The molecule has 130 valence electrons. The van der Waals surface area contributed by atoms with E-state index in [2.05, 4.69) is 35.9 Å². The number of para-hydroxylation sites is 3. The molecule has 0 bridgehead atoms. The third-order valence-corrected chi connectivity index (χ3v) is 5.01. The van der Waals surface area contributed by atoms with Gasteiger partial charge in [0.15, 0.2) is 17.3 Å². The Morgan fingerprint density at radius 2 is 1.74 bits per heavy atom. The Balaban J connectivity index is 1.92. The molecule has 0 radical (unpaired) electrons. The zero-order valence-electron chi connectivity index (χ0n) is 13.9. The average Bonchev–Trinajstić information content (AvgIpc) is 3.13. The molecule has 0 aliphatic heterocycles. The SMILES string of the molecule is O=c1c2cccnc2nc(-c2nc3ccccc3[nH]2)n1-c1ccccc1Br. The number of nitrogens with zero attached hydrogens (tertiary/aromatic N) is 4. The monoisotopic (exact) mass is 417 g/mol. The van der Waals surface area contributed by atoms with E-state index in [0.717, 1.165) is 15.5 Å². The molecule has 0 aliphatic carbocycles. The number of benzene rings is 2. The Morgan fingerprint density at radius 1 is 0.926 bits per heavy atom. The molecule has 0 unspecified atom stereocenters. The summed E-state index contributed by atoms with van der Waals surface area (Å²) in [5.41, 5.74) is 2.57. The number of hydrogen-bond donors (Lipinski definition) is 1. The lowest BCUT2D eigenvalue weighted by Gasteiger charge is -2.13. The standard InChI is InChI=1S/C20H12BrN5O/c21-13-7-1-4-10-16(13)26-19(18-23-14-8-2-3-9-15(14)24-18)25-17-12(20(26)27)6-5-11-22-17/h1-11H,(H,23,24). The zero-order valence-corrected chi connectivity index (χ0v) is 15.5. The minimum atomic E-state index is -0.199. The fourth-order valence-electron chi connectivity index (χ4n) is 3.09. The lowest BCUT2D eigenvalue weighted by atomic mass is 10.2. The van der Waals surface area contributed by atoms with Gasteiger partial charge in [-0.1, -0.05) is 24.3 Å². The summed E-state index contributed by atoms with van der Waals surface area (Å²) in [6.07, 6.45) is 1.62. The summed E-state index contributed by atoms with van der Waals surface area (Å²) >= 11 is 3.54. The topological polar surface area (TPSA) is 76.5 Å². The molecule has 0 saturated carbocycles. The van der Waals surface area contributed by atoms with Crippen LogP contribution in [0.25, 0.3) is 39.4 Å². The lowest BCUT2D eigenvalue weighted by Crippen LogP contribution is -2.23. The van der Waals surface area contributed by atoms with Gasteiger partial charge in [0.25, 0.3) is 5.56 Å². The van der Waals surface area contributed by atoms with Crippen LogP contribution in [0.15, 0.2) is 76.1 Å². The van der Waals surface area contributed by atoms with E-state index in [0.29, 0.717) is 28.4 Å². The lowest BCUT2D eigenvalue weighted by molar-refractivity contribution is 0.948. The molecule has 3 aromatic heterocycles. The Hall–Kier alpha value is -3.32. The molecule has 27 heavy (non-hydrogen) atoms. The normalized spacial score (nSPS) is 11.3. The average molecular weight is 418 g/mol. The first kappa shape index (κ1) is 15.9. The molecular weight excluding hydrogens is 406 g/mol. The van der Waals surface area contributed by atoms with Gasteiger partial charge < -0.3 is 4.98 Å². The third kappa shape index (κ3) is 2.55. The van der Waals surface area contributed by atoms with Crippen molar-refractivity contribution in [1.82, 2.24) is 24.5 Å². The van der Waals surface area contributed by atoms with E-state index in [9.17, 15) is 4.79 Å². The highest BCUT2D eigenvalue weighted by atomic mass is 79.9. The minimum absolute atomic E-state index is 0.199. The fourth-order valence-corrected chi connectivity index (χ4v) is 3.56. The fraction of sp³-hybridized carbons (Fsp3) is 0. The molecule has 0 atom stereocenters. The van der Waals surface area contributed by atoms with Crippen LogP contribution < -0.4 is 5.56 Å². The van der Waals surface area contributed by atoms with E-state index in [1.807, 2.05) is 48.5 Å². The Morgan fingerprint density at radius 3 is 2.59 bits per heavy atom. The van der Waals surface area contributed by atoms with Crippen LogP contribution in [0.2, 0.25) is 0 Å². The van der Waals surface area contributed by atoms with Gasteiger partial charge in [0.2, 0.25) is 0 Å². The predicted octanol–water partition coefficient (Wildman–Crippen LogP) is 4.09. The number of aromatic nitrogens is 5. The van der Waals surface area contributed by atoms with Crippen molar-refractivity contribution in [3.8, 4) is 17.3 Å². The van der Waals surface area contributed by atoms with Crippen molar-refractivity contribution in [2.24, 2.45) is 0 Å². The van der Waals surface area contributed by atoms with Crippen LogP contribution >= 0.6 is 15.9 Å². The van der Waals surface area contributed by atoms with Gasteiger partial charge in [-0.05, 0) is 52.3 Å². The number of fused-ring (bicyclic) bond motifs is 2. The summed E-state index contributed by atoms with van der Waals surface area (Å²) in [4.78, 5) is 30.1. The van der Waals surface area contributed by atoms with Crippen LogP contribution in [0.1, 0.15) is 0 Å². The van der Waals surface area contributed by atoms with Crippen molar-refractivity contribution in [3.05, 3.63) is 81.7 Å². The molecule has 0 aliphatic rings. The largest absolute Gasteiger partial charge is 0.335 e. The third-order valence-electron chi connectivity index (χ3n) is 4.34. The quantitative estimate of drug-likeness (QED) is 0.469. The maximum Gasteiger partial charge on any atom is 0.268 e. The Kier molecular flexibility index (Phi) is 3.61. The molecule has 0 amide bonds.